The third-order valence-electron chi connectivity index (χ3n) is 3.38. The third-order valence-corrected chi connectivity index (χ3v) is 3.38. The highest BCUT2D eigenvalue weighted by Crippen LogP contribution is 2.48. The number of primary amides is 1. The molecule has 0 aromatic rings. The minimum Gasteiger partial charge on any atom is -0.445 e. The first-order valence-electron chi connectivity index (χ1n) is 5.72. The summed E-state index contributed by atoms with van der Waals surface area (Å²) in [4.78, 5) is 21.9. The van der Waals surface area contributed by atoms with Crippen LogP contribution in [0.25, 0.3) is 0 Å². The van der Waals surface area contributed by atoms with E-state index in [1.165, 1.54) is 0 Å². The molecule has 19 heavy (non-hydrogen) atoms. The van der Waals surface area contributed by atoms with Crippen molar-refractivity contribution in [1.82, 2.24) is 0 Å². The molecular formula is C13H9NO5. The number of nitrogens with two attached hydrogens (primary N) is 1. The van der Waals surface area contributed by atoms with Crippen molar-refractivity contribution in [3.8, 4) is 0 Å². The molecule has 0 aromatic heterocycles. The van der Waals surface area contributed by atoms with E-state index in [-0.39, 0.29) is 11.7 Å². The molecular weight excluding hydrogens is 250 g/mol. The maximum Gasteiger partial charge on any atom is 0.320 e. The summed E-state index contributed by atoms with van der Waals surface area (Å²) in [5.74, 6) is -0.446. The average molecular weight is 259 g/mol. The topological polar surface area (TPSA) is 80.0 Å². The van der Waals surface area contributed by atoms with Gasteiger partial charge in [-0.25, -0.2) is 0 Å². The van der Waals surface area contributed by atoms with Gasteiger partial charge in [-0.15, -0.1) is 0 Å². The molecule has 2 atom stereocenters. The number of amides is 1. The smallest absolute Gasteiger partial charge is 0.320 e. The Bertz CT molecular complexity index is 639. The summed E-state index contributed by atoms with van der Waals surface area (Å²) in [5, 5.41) is 0. The summed E-state index contributed by atoms with van der Waals surface area (Å²) in [5.41, 5.74) is 5.75. The molecule has 4 aliphatic heterocycles. The van der Waals surface area contributed by atoms with Crippen molar-refractivity contribution in [2.75, 3.05) is 0 Å². The van der Waals surface area contributed by atoms with Crippen molar-refractivity contribution in [2.45, 2.75) is 11.9 Å². The molecule has 1 amide bonds. The fourth-order valence-corrected chi connectivity index (χ4v) is 2.48. The molecule has 0 saturated carbocycles. The van der Waals surface area contributed by atoms with E-state index >= 15 is 0 Å². The first-order chi connectivity index (χ1) is 9.20. The SMILES string of the molecule is NC(=O)C1=CC2=CC=CC3=CC=C4OOC32C(O4)O1. The van der Waals surface area contributed by atoms with Crippen LogP contribution in [0.2, 0.25) is 0 Å². The minimum absolute atomic E-state index is 0.0354. The molecule has 1 fully saturated rings. The Morgan fingerprint density at radius 3 is 2.95 bits per heavy atom. The predicted octanol–water partition coefficient (Wildman–Crippen LogP) is 0.707. The van der Waals surface area contributed by atoms with Gasteiger partial charge in [-0.1, -0.05) is 18.2 Å². The van der Waals surface area contributed by atoms with Crippen LogP contribution in [0.1, 0.15) is 0 Å². The molecule has 96 valence electrons. The Balaban J connectivity index is 1.94. The fraction of sp³-hybridized carbons (Fsp3) is 0.154. The summed E-state index contributed by atoms with van der Waals surface area (Å²) in [6.07, 6.45) is 9.70. The lowest BCUT2D eigenvalue weighted by atomic mass is 9.79. The van der Waals surface area contributed by atoms with E-state index in [0.717, 1.165) is 5.57 Å². The number of hydrogen-bond acceptors (Lipinski definition) is 5. The van der Waals surface area contributed by atoms with Crippen LogP contribution >= 0.6 is 0 Å². The van der Waals surface area contributed by atoms with E-state index < -0.39 is 17.8 Å². The van der Waals surface area contributed by atoms with Gasteiger partial charge in [0, 0.05) is 17.2 Å². The standard InChI is InChI=1S/C13H9NO5/c14-11(15)9-6-8-3-1-2-7-4-5-10-17-12(16-9)13(7,8)19-18-10/h1-6,12H,(H2,14,15). The number of rotatable bonds is 1. The van der Waals surface area contributed by atoms with E-state index in [2.05, 4.69) is 0 Å². The molecule has 4 heterocycles. The third kappa shape index (κ3) is 1.21. The van der Waals surface area contributed by atoms with E-state index in [0.29, 0.717) is 5.57 Å². The van der Waals surface area contributed by atoms with Crippen molar-refractivity contribution in [1.29, 1.82) is 0 Å². The summed E-state index contributed by atoms with van der Waals surface area (Å²) in [6, 6.07) is 0. The van der Waals surface area contributed by atoms with E-state index in [1.54, 1.807) is 18.2 Å². The zero-order chi connectivity index (χ0) is 13.0. The molecule has 1 saturated heterocycles. The number of carbonyl (C=O) groups excluding carboxylic acids is 1. The van der Waals surface area contributed by atoms with Crippen LogP contribution in [0.3, 0.4) is 0 Å². The summed E-state index contributed by atoms with van der Waals surface area (Å²) in [6.45, 7) is 0. The predicted molar refractivity (Wildman–Crippen MR) is 61.5 cm³/mol. The van der Waals surface area contributed by atoms with Gasteiger partial charge in [0.25, 0.3) is 12.2 Å². The molecule has 2 bridgehead atoms. The molecule has 5 rings (SSSR count). The first kappa shape index (κ1) is 10.5. The summed E-state index contributed by atoms with van der Waals surface area (Å²) >= 11 is 0. The van der Waals surface area contributed by atoms with Gasteiger partial charge in [0.1, 0.15) is 0 Å². The van der Waals surface area contributed by atoms with E-state index in [4.69, 9.17) is 25.0 Å². The normalized spacial score (nSPS) is 33.4. The van der Waals surface area contributed by atoms with Gasteiger partial charge in [-0.2, -0.15) is 4.89 Å². The van der Waals surface area contributed by atoms with Crippen molar-refractivity contribution >= 4 is 5.91 Å². The second kappa shape index (κ2) is 3.30. The molecule has 2 N–H and O–H groups in total. The van der Waals surface area contributed by atoms with Gasteiger partial charge >= 0.3 is 5.95 Å². The number of carbonyl (C=O) groups is 1. The Morgan fingerprint density at radius 2 is 2.11 bits per heavy atom. The highest BCUT2D eigenvalue weighted by molar-refractivity contribution is 5.91. The quantitative estimate of drug-likeness (QED) is 0.701. The summed E-state index contributed by atoms with van der Waals surface area (Å²) in [7, 11) is 0. The van der Waals surface area contributed by atoms with Gasteiger partial charge in [0.15, 0.2) is 5.76 Å². The average Bonchev–Trinajstić information content (AvgIpc) is 2.68. The second-order valence-corrected chi connectivity index (χ2v) is 4.43. The molecule has 5 aliphatic rings. The zero-order valence-electron chi connectivity index (χ0n) is 9.66. The van der Waals surface area contributed by atoms with Crippen LogP contribution in [0.4, 0.5) is 0 Å². The van der Waals surface area contributed by atoms with Crippen LogP contribution in [0, 0.1) is 0 Å². The Hall–Kier alpha value is -2.47. The lowest BCUT2D eigenvalue weighted by molar-refractivity contribution is -0.425. The zero-order valence-corrected chi connectivity index (χ0v) is 9.66. The second-order valence-electron chi connectivity index (χ2n) is 4.43. The van der Waals surface area contributed by atoms with Crippen molar-refractivity contribution < 1.29 is 24.0 Å². The molecule has 1 spiro atoms. The van der Waals surface area contributed by atoms with Crippen LogP contribution in [-0.4, -0.2) is 17.8 Å². The van der Waals surface area contributed by atoms with Crippen LogP contribution in [0.15, 0.2) is 59.3 Å². The van der Waals surface area contributed by atoms with Crippen LogP contribution in [0.5, 0.6) is 0 Å². The maximum atomic E-state index is 11.3. The van der Waals surface area contributed by atoms with E-state index in [1.807, 2.05) is 18.2 Å². The molecule has 0 aromatic carbocycles. The molecule has 6 nitrogen and oxygen atoms in total. The minimum atomic E-state index is -1.02. The Morgan fingerprint density at radius 1 is 1.21 bits per heavy atom. The van der Waals surface area contributed by atoms with Crippen LogP contribution < -0.4 is 5.73 Å². The highest BCUT2D eigenvalue weighted by atomic mass is 17.2. The number of fused-ring (bicyclic) bond motifs is 2. The first-order valence-corrected chi connectivity index (χ1v) is 5.72. The van der Waals surface area contributed by atoms with E-state index in [9.17, 15) is 4.79 Å². The van der Waals surface area contributed by atoms with Gasteiger partial charge in [0.2, 0.25) is 5.60 Å². The van der Waals surface area contributed by atoms with Gasteiger partial charge in [-0.05, 0) is 12.2 Å². The van der Waals surface area contributed by atoms with Gasteiger partial charge in [-0.3, -0.25) is 9.68 Å². The van der Waals surface area contributed by atoms with Gasteiger partial charge in [0.05, 0.1) is 0 Å². The van der Waals surface area contributed by atoms with Crippen molar-refractivity contribution in [3.05, 3.63) is 59.3 Å². The molecule has 2 unspecified atom stereocenters. The van der Waals surface area contributed by atoms with Crippen molar-refractivity contribution in [3.63, 3.8) is 0 Å². The van der Waals surface area contributed by atoms with Crippen LogP contribution in [-0.2, 0) is 24.0 Å². The Kier molecular flexibility index (Phi) is 1.81. The largest absolute Gasteiger partial charge is 0.445 e. The number of ether oxygens (including phenoxy) is 2. The molecule has 1 aliphatic carbocycles. The number of hydrogen-bond donors (Lipinski definition) is 1. The monoisotopic (exact) mass is 259 g/mol. The highest BCUT2D eigenvalue weighted by Gasteiger charge is 2.58. The summed E-state index contributed by atoms with van der Waals surface area (Å²) < 4.78 is 11.0. The van der Waals surface area contributed by atoms with Gasteiger partial charge < -0.3 is 15.2 Å². The maximum absolute atomic E-state index is 11.3. The fourth-order valence-electron chi connectivity index (χ4n) is 2.48. The lowest BCUT2D eigenvalue weighted by Gasteiger charge is -2.44. The molecule has 6 heteroatoms. The Labute approximate surface area is 108 Å². The molecule has 0 radical (unpaired) electrons. The lowest BCUT2D eigenvalue weighted by Crippen LogP contribution is -2.55. The number of allylic oxidation sites excluding steroid dienone is 4. The van der Waals surface area contributed by atoms with Crippen molar-refractivity contribution in [2.24, 2.45) is 5.73 Å².